The average Bonchev–Trinajstić information content (AvgIpc) is 3.00. The number of ether oxygens (including phenoxy) is 2. The van der Waals surface area contributed by atoms with E-state index in [4.69, 9.17) is 21.1 Å². The Morgan fingerprint density at radius 1 is 1.25 bits per heavy atom. The Hall–Kier alpha value is -2.99. The van der Waals surface area contributed by atoms with Crippen LogP contribution in [0.3, 0.4) is 0 Å². The smallest absolute Gasteiger partial charge is 0.339 e. The number of esters is 1. The molecule has 1 heterocycles. The van der Waals surface area contributed by atoms with Gasteiger partial charge in [0.05, 0.1) is 17.2 Å². The van der Waals surface area contributed by atoms with Crippen molar-refractivity contribution in [3.63, 3.8) is 0 Å². The molecule has 0 spiro atoms. The SMILES string of the molecule is CCOc1cc(C(=O)O[C@@H](C)C(=O)c2c(C)[nH]c3ccccc23)cc(Cl)c1O. The third kappa shape index (κ3) is 3.68. The molecule has 3 rings (SSSR count). The molecule has 0 unspecified atom stereocenters. The number of aromatic nitrogens is 1. The summed E-state index contributed by atoms with van der Waals surface area (Å²) in [7, 11) is 0. The number of ketones is 1. The Bertz CT molecular complexity index is 1060. The van der Waals surface area contributed by atoms with Crippen LogP contribution in [-0.2, 0) is 4.74 Å². The van der Waals surface area contributed by atoms with Crippen molar-refractivity contribution in [2.45, 2.75) is 26.9 Å². The van der Waals surface area contributed by atoms with E-state index in [1.807, 2.05) is 24.3 Å². The summed E-state index contributed by atoms with van der Waals surface area (Å²) in [4.78, 5) is 28.6. The molecular formula is C21H20ClNO5. The van der Waals surface area contributed by atoms with Gasteiger partial charge in [0, 0.05) is 22.2 Å². The maximum Gasteiger partial charge on any atom is 0.339 e. The van der Waals surface area contributed by atoms with Gasteiger partial charge < -0.3 is 19.6 Å². The number of carbonyl (C=O) groups excluding carboxylic acids is 2. The first kappa shape index (κ1) is 19.8. The molecular weight excluding hydrogens is 382 g/mol. The number of hydrogen-bond donors (Lipinski definition) is 2. The van der Waals surface area contributed by atoms with E-state index in [-0.39, 0.29) is 34.5 Å². The Kier molecular flexibility index (Phi) is 5.61. The van der Waals surface area contributed by atoms with Crippen LogP contribution < -0.4 is 4.74 Å². The lowest BCUT2D eigenvalue weighted by Gasteiger charge is -2.14. The third-order valence-electron chi connectivity index (χ3n) is 4.36. The van der Waals surface area contributed by atoms with Gasteiger partial charge in [0.15, 0.2) is 17.6 Å². The highest BCUT2D eigenvalue weighted by Crippen LogP contribution is 2.35. The second-order valence-electron chi connectivity index (χ2n) is 6.32. The zero-order chi connectivity index (χ0) is 20.4. The van der Waals surface area contributed by atoms with Gasteiger partial charge in [-0.3, -0.25) is 4.79 Å². The Labute approximate surface area is 167 Å². The summed E-state index contributed by atoms with van der Waals surface area (Å²) < 4.78 is 10.6. The number of benzene rings is 2. The average molecular weight is 402 g/mol. The first-order valence-corrected chi connectivity index (χ1v) is 9.19. The largest absolute Gasteiger partial charge is 0.503 e. The van der Waals surface area contributed by atoms with Gasteiger partial charge >= 0.3 is 5.97 Å². The molecule has 0 aliphatic carbocycles. The second kappa shape index (κ2) is 7.94. The monoisotopic (exact) mass is 401 g/mol. The number of halogens is 1. The van der Waals surface area contributed by atoms with Gasteiger partial charge in [0.25, 0.3) is 0 Å². The molecule has 0 aliphatic heterocycles. The van der Waals surface area contributed by atoms with Gasteiger partial charge in [-0.2, -0.15) is 0 Å². The second-order valence-corrected chi connectivity index (χ2v) is 6.73. The number of fused-ring (bicyclic) bond motifs is 1. The van der Waals surface area contributed by atoms with E-state index in [9.17, 15) is 14.7 Å². The summed E-state index contributed by atoms with van der Waals surface area (Å²) in [5.41, 5.74) is 2.13. The molecule has 0 radical (unpaired) electrons. The van der Waals surface area contributed by atoms with Crippen LogP contribution >= 0.6 is 11.6 Å². The number of aromatic amines is 1. The van der Waals surface area contributed by atoms with Crippen molar-refractivity contribution in [2.24, 2.45) is 0 Å². The summed E-state index contributed by atoms with van der Waals surface area (Å²) in [5.74, 6) is -1.22. The molecule has 7 heteroatoms. The predicted molar refractivity (Wildman–Crippen MR) is 107 cm³/mol. The number of aryl methyl sites for hydroxylation is 1. The molecule has 28 heavy (non-hydrogen) atoms. The number of rotatable bonds is 6. The fraction of sp³-hybridized carbons (Fsp3) is 0.238. The van der Waals surface area contributed by atoms with Crippen LogP contribution in [0.5, 0.6) is 11.5 Å². The topological polar surface area (TPSA) is 88.6 Å². The standard InChI is InChI=1S/C21H20ClNO5/c1-4-27-17-10-13(9-15(22)20(17)25)21(26)28-12(3)19(24)18-11(2)23-16-8-6-5-7-14(16)18/h5-10,12,23,25H,4H2,1-3H3/t12-/m0/s1. The van der Waals surface area contributed by atoms with Crippen molar-refractivity contribution in [1.29, 1.82) is 0 Å². The van der Waals surface area contributed by atoms with Crippen LogP contribution in [0.4, 0.5) is 0 Å². The Morgan fingerprint density at radius 2 is 1.96 bits per heavy atom. The Morgan fingerprint density at radius 3 is 2.68 bits per heavy atom. The van der Waals surface area contributed by atoms with E-state index in [1.165, 1.54) is 19.1 Å². The highest BCUT2D eigenvalue weighted by Gasteiger charge is 2.25. The van der Waals surface area contributed by atoms with Gasteiger partial charge in [-0.1, -0.05) is 29.8 Å². The van der Waals surface area contributed by atoms with Gasteiger partial charge in [-0.05, 0) is 39.0 Å². The summed E-state index contributed by atoms with van der Waals surface area (Å²) in [6, 6.07) is 10.0. The molecule has 1 aromatic heterocycles. The molecule has 2 aromatic carbocycles. The van der Waals surface area contributed by atoms with Gasteiger partial charge in [-0.25, -0.2) is 4.79 Å². The van der Waals surface area contributed by atoms with Crippen LogP contribution in [0.2, 0.25) is 5.02 Å². The van der Waals surface area contributed by atoms with E-state index >= 15 is 0 Å². The number of Topliss-reactive ketones (excluding diaryl/α,β-unsaturated/α-hetero) is 1. The van der Waals surface area contributed by atoms with Gasteiger partial charge in [0.2, 0.25) is 5.78 Å². The number of H-pyrrole nitrogens is 1. The summed E-state index contributed by atoms with van der Waals surface area (Å²) in [5, 5.41) is 10.6. The lowest BCUT2D eigenvalue weighted by Crippen LogP contribution is -2.25. The van der Waals surface area contributed by atoms with Crippen LogP contribution in [0, 0.1) is 6.92 Å². The van der Waals surface area contributed by atoms with Crippen molar-refractivity contribution in [3.05, 3.63) is 58.2 Å². The van der Waals surface area contributed by atoms with E-state index in [0.29, 0.717) is 11.3 Å². The predicted octanol–water partition coefficient (Wildman–Crippen LogP) is 4.66. The van der Waals surface area contributed by atoms with Crippen LogP contribution in [-0.4, -0.2) is 34.6 Å². The van der Waals surface area contributed by atoms with Crippen molar-refractivity contribution in [3.8, 4) is 11.5 Å². The number of para-hydroxylation sites is 1. The molecule has 0 bridgehead atoms. The minimum absolute atomic E-state index is 0.0376. The lowest BCUT2D eigenvalue weighted by molar-refractivity contribution is 0.0318. The van der Waals surface area contributed by atoms with Gasteiger partial charge in [0.1, 0.15) is 0 Å². The number of hydrogen-bond acceptors (Lipinski definition) is 5. The normalized spacial score (nSPS) is 12.0. The first-order chi connectivity index (χ1) is 13.3. The van der Waals surface area contributed by atoms with Crippen molar-refractivity contribution in [2.75, 3.05) is 6.61 Å². The molecule has 0 saturated carbocycles. The fourth-order valence-electron chi connectivity index (χ4n) is 3.04. The highest BCUT2D eigenvalue weighted by molar-refractivity contribution is 6.32. The summed E-state index contributed by atoms with van der Waals surface area (Å²) in [6.45, 7) is 5.35. The number of phenolic OH excluding ortho intramolecular Hbond substituents is 1. The van der Waals surface area contributed by atoms with Crippen LogP contribution in [0.1, 0.15) is 40.3 Å². The molecule has 3 aromatic rings. The van der Waals surface area contributed by atoms with E-state index in [0.717, 1.165) is 10.9 Å². The molecule has 6 nitrogen and oxygen atoms in total. The van der Waals surface area contributed by atoms with Crippen molar-refractivity contribution < 1.29 is 24.2 Å². The Balaban J connectivity index is 1.84. The molecule has 2 N–H and O–H groups in total. The molecule has 0 aliphatic rings. The molecule has 0 amide bonds. The lowest BCUT2D eigenvalue weighted by atomic mass is 10.0. The quantitative estimate of drug-likeness (QED) is 0.463. The third-order valence-corrected chi connectivity index (χ3v) is 4.65. The maximum absolute atomic E-state index is 12.9. The molecule has 0 fully saturated rings. The molecule has 0 saturated heterocycles. The summed E-state index contributed by atoms with van der Waals surface area (Å²) in [6.07, 6.45) is -1.01. The first-order valence-electron chi connectivity index (χ1n) is 8.81. The fourth-order valence-corrected chi connectivity index (χ4v) is 3.25. The van der Waals surface area contributed by atoms with Crippen LogP contribution in [0.15, 0.2) is 36.4 Å². The van der Waals surface area contributed by atoms with Gasteiger partial charge in [-0.15, -0.1) is 0 Å². The van der Waals surface area contributed by atoms with E-state index in [1.54, 1.807) is 13.8 Å². The number of aromatic hydroxyl groups is 1. The maximum atomic E-state index is 12.9. The zero-order valence-electron chi connectivity index (χ0n) is 15.7. The summed E-state index contributed by atoms with van der Waals surface area (Å²) >= 11 is 5.96. The van der Waals surface area contributed by atoms with Crippen LogP contribution in [0.25, 0.3) is 10.9 Å². The minimum atomic E-state index is -1.01. The number of phenols is 1. The van der Waals surface area contributed by atoms with Crippen molar-refractivity contribution >= 4 is 34.3 Å². The van der Waals surface area contributed by atoms with Crippen molar-refractivity contribution in [1.82, 2.24) is 4.98 Å². The number of nitrogens with one attached hydrogen (secondary N) is 1. The molecule has 1 atom stereocenters. The zero-order valence-corrected chi connectivity index (χ0v) is 16.5. The molecule has 146 valence electrons. The van der Waals surface area contributed by atoms with E-state index in [2.05, 4.69) is 4.98 Å². The minimum Gasteiger partial charge on any atom is -0.503 e. The van der Waals surface area contributed by atoms with E-state index < -0.39 is 12.1 Å². The number of carbonyl (C=O) groups is 2. The highest BCUT2D eigenvalue weighted by atomic mass is 35.5.